The zero-order chi connectivity index (χ0) is 41.7. The average molecular weight is 805 g/mol. The molecule has 57 heavy (non-hydrogen) atoms. The van der Waals surface area contributed by atoms with Crippen LogP contribution in [-0.2, 0) is 19.1 Å². The molecule has 0 aliphatic carbocycles. The van der Waals surface area contributed by atoms with Gasteiger partial charge < -0.3 is 19.5 Å². The first-order valence-electron chi connectivity index (χ1n) is 25.1. The maximum absolute atomic E-state index is 13.9. The molecule has 0 radical (unpaired) electrons. The van der Waals surface area contributed by atoms with Gasteiger partial charge in [0.1, 0.15) is 13.2 Å². The van der Waals surface area contributed by atoms with Crippen molar-refractivity contribution in [1.82, 2.24) is 9.80 Å². The van der Waals surface area contributed by atoms with Crippen LogP contribution >= 0.6 is 0 Å². The minimum Gasteiger partial charge on any atom is -0.464 e. The predicted molar refractivity (Wildman–Crippen MR) is 241 cm³/mol. The van der Waals surface area contributed by atoms with Gasteiger partial charge >= 0.3 is 11.9 Å². The van der Waals surface area contributed by atoms with E-state index in [4.69, 9.17) is 9.47 Å². The summed E-state index contributed by atoms with van der Waals surface area (Å²) in [5, 5.41) is 9.24. The molecule has 1 spiro atoms. The molecule has 2 heterocycles. The van der Waals surface area contributed by atoms with Gasteiger partial charge in [0.2, 0.25) is 0 Å². The van der Waals surface area contributed by atoms with Crippen molar-refractivity contribution in [3.63, 3.8) is 0 Å². The molecule has 2 aliphatic rings. The van der Waals surface area contributed by atoms with Crippen molar-refractivity contribution in [3.8, 4) is 0 Å². The minimum absolute atomic E-state index is 0.0285. The summed E-state index contributed by atoms with van der Waals surface area (Å²) in [6.07, 6.45) is 33.5. The largest absolute Gasteiger partial charge is 0.464 e. The van der Waals surface area contributed by atoms with Crippen LogP contribution in [0.2, 0.25) is 0 Å². The van der Waals surface area contributed by atoms with Gasteiger partial charge in [0.15, 0.2) is 0 Å². The number of carbonyl (C=O) groups excluding carboxylic acids is 2. The van der Waals surface area contributed by atoms with Gasteiger partial charge in [-0.1, -0.05) is 144 Å². The first-order chi connectivity index (χ1) is 27.7. The second-order valence-electron chi connectivity index (χ2n) is 19.2. The molecule has 0 aromatic heterocycles. The fraction of sp³-hybridized carbons (Fsp3) is 0.960. The van der Waals surface area contributed by atoms with E-state index in [9.17, 15) is 14.7 Å². The Kier molecular flexibility index (Phi) is 28.1. The summed E-state index contributed by atoms with van der Waals surface area (Å²) in [5.41, 5.74) is 0.440. The van der Waals surface area contributed by atoms with Crippen LogP contribution in [0.5, 0.6) is 0 Å². The van der Waals surface area contributed by atoms with Crippen molar-refractivity contribution >= 4 is 11.9 Å². The molecule has 336 valence electrons. The highest BCUT2D eigenvalue weighted by Crippen LogP contribution is 2.44. The maximum atomic E-state index is 13.9. The number of carbonyl (C=O) groups is 2. The Morgan fingerprint density at radius 2 is 0.912 bits per heavy atom. The van der Waals surface area contributed by atoms with E-state index in [2.05, 4.69) is 51.3 Å². The van der Waals surface area contributed by atoms with E-state index in [1.807, 2.05) is 0 Å². The van der Waals surface area contributed by atoms with Crippen LogP contribution in [0, 0.1) is 16.2 Å². The monoisotopic (exact) mass is 805 g/mol. The number of aliphatic hydroxyl groups is 1. The van der Waals surface area contributed by atoms with Crippen LogP contribution in [0.15, 0.2) is 0 Å². The van der Waals surface area contributed by atoms with Gasteiger partial charge in [0, 0.05) is 6.61 Å². The standard InChI is InChI=1S/C50H96N2O5/c1-7-13-19-21-29-49(25-15-9-3,26-16-10-4)41-46(54)56-43-45(52-38-33-48(34-39-52)31-36-51(37-32-48)35-23-24-40-53)44-57-47(55)42-50(27-17-11-5,28-18-12-6)30-22-20-14-8-2/h45,53H,7-44H2,1-6H3. The summed E-state index contributed by atoms with van der Waals surface area (Å²) in [7, 11) is 0. The fourth-order valence-corrected chi connectivity index (χ4v) is 10.3. The van der Waals surface area contributed by atoms with Gasteiger partial charge in [-0.05, 0) is 126 Å². The van der Waals surface area contributed by atoms with E-state index in [0.717, 1.165) is 148 Å². The quantitative estimate of drug-likeness (QED) is 0.0505. The summed E-state index contributed by atoms with van der Waals surface area (Å²) < 4.78 is 12.6. The molecular formula is C50H96N2O5. The number of esters is 2. The van der Waals surface area contributed by atoms with Crippen LogP contribution in [0.25, 0.3) is 0 Å². The molecule has 0 bridgehead atoms. The van der Waals surface area contributed by atoms with Crippen molar-refractivity contribution in [1.29, 1.82) is 0 Å². The second kappa shape index (κ2) is 30.8. The summed E-state index contributed by atoms with van der Waals surface area (Å²) in [5.74, 6) is -0.109. The molecule has 2 fully saturated rings. The number of hydrogen-bond donors (Lipinski definition) is 1. The Morgan fingerprint density at radius 1 is 0.526 bits per heavy atom. The number of likely N-dealkylation sites (tertiary alicyclic amines) is 2. The van der Waals surface area contributed by atoms with E-state index in [-0.39, 0.29) is 35.4 Å². The first kappa shape index (κ1) is 52.0. The third kappa shape index (κ3) is 20.8. The lowest BCUT2D eigenvalue weighted by molar-refractivity contribution is -0.154. The lowest BCUT2D eigenvalue weighted by atomic mass is 9.71. The Hall–Kier alpha value is -1.18. The molecule has 0 unspecified atom stereocenters. The molecule has 2 saturated heterocycles. The summed E-state index contributed by atoms with van der Waals surface area (Å²) in [6.45, 7) is 19.8. The van der Waals surface area contributed by atoms with Crippen molar-refractivity contribution in [2.75, 3.05) is 52.5 Å². The van der Waals surface area contributed by atoms with E-state index in [1.165, 1.54) is 64.2 Å². The second-order valence-corrected chi connectivity index (χ2v) is 19.2. The molecular weight excluding hydrogens is 709 g/mol. The molecule has 0 aromatic rings. The highest BCUT2D eigenvalue weighted by molar-refractivity contribution is 5.71. The number of piperidine rings is 2. The Morgan fingerprint density at radius 3 is 1.30 bits per heavy atom. The lowest BCUT2D eigenvalue weighted by Crippen LogP contribution is -2.52. The van der Waals surface area contributed by atoms with Gasteiger partial charge in [-0.25, -0.2) is 0 Å². The Balaban J connectivity index is 2.20. The molecule has 7 nitrogen and oxygen atoms in total. The lowest BCUT2D eigenvalue weighted by Gasteiger charge is -2.48. The average Bonchev–Trinajstić information content (AvgIpc) is 3.22. The molecule has 0 saturated carbocycles. The number of rotatable bonds is 35. The summed E-state index contributed by atoms with van der Waals surface area (Å²) in [6, 6.07) is -0.107. The maximum Gasteiger partial charge on any atom is 0.306 e. The van der Waals surface area contributed by atoms with Crippen LogP contribution in [0.4, 0.5) is 0 Å². The summed E-state index contributed by atoms with van der Waals surface area (Å²) in [4.78, 5) is 33.0. The van der Waals surface area contributed by atoms with Crippen LogP contribution in [-0.4, -0.2) is 85.4 Å². The number of hydrogen-bond acceptors (Lipinski definition) is 7. The van der Waals surface area contributed by atoms with Crippen LogP contribution < -0.4 is 0 Å². The van der Waals surface area contributed by atoms with E-state index in [1.54, 1.807) is 0 Å². The topological polar surface area (TPSA) is 79.3 Å². The minimum atomic E-state index is -0.107. The number of nitrogens with zero attached hydrogens (tertiary/aromatic N) is 2. The Bertz CT molecular complexity index is 931. The summed E-state index contributed by atoms with van der Waals surface area (Å²) >= 11 is 0. The number of aliphatic hydroxyl groups excluding tert-OH is 1. The molecule has 1 N–H and O–H groups in total. The predicted octanol–water partition coefficient (Wildman–Crippen LogP) is 12.8. The highest BCUT2D eigenvalue weighted by Gasteiger charge is 2.40. The third-order valence-corrected chi connectivity index (χ3v) is 14.5. The number of ether oxygens (including phenoxy) is 2. The molecule has 0 aromatic carbocycles. The van der Waals surface area contributed by atoms with Crippen molar-refractivity contribution in [2.24, 2.45) is 16.2 Å². The van der Waals surface area contributed by atoms with Gasteiger partial charge in [-0.2, -0.15) is 0 Å². The van der Waals surface area contributed by atoms with Gasteiger partial charge in [-0.15, -0.1) is 0 Å². The molecule has 2 rings (SSSR count). The van der Waals surface area contributed by atoms with E-state index >= 15 is 0 Å². The molecule has 0 atom stereocenters. The highest BCUT2D eigenvalue weighted by atomic mass is 16.5. The van der Waals surface area contributed by atoms with E-state index in [0.29, 0.717) is 31.5 Å². The van der Waals surface area contributed by atoms with Crippen LogP contribution in [0.1, 0.15) is 234 Å². The zero-order valence-electron chi connectivity index (χ0n) is 38.9. The van der Waals surface area contributed by atoms with E-state index < -0.39 is 0 Å². The first-order valence-corrected chi connectivity index (χ1v) is 25.1. The number of unbranched alkanes of at least 4 members (excludes halogenated alkanes) is 11. The fourth-order valence-electron chi connectivity index (χ4n) is 10.3. The van der Waals surface area contributed by atoms with Gasteiger partial charge in [-0.3, -0.25) is 14.5 Å². The zero-order valence-corrected chi connectivity index (χ0v) is 38.9. The van der Waals surface area contributed by atoms with Crippen molar-refractivity contribution in [3.05, 3.63) is 0 Å². The van der Waals surface area contributed by atoms with Gasteiger partial charge in [0.05, 0.1) is 18.9 Å². The third-order valence-electron chi connectivity index (χ3n) is 14.5. The normalized spacial score (nSPS) is 16.8. The Labute approximate surface area is 353 Å². The van der Waals surface area contributed by atoms with Crippen molar-refractivity contribution in [2.45, 2.75) is 240 Å². The van der Waals surface area contributed by atoms with Crippen molar-refractivity contribution < 1.29 is 24.2 Å². The molecule has 7 heteroatoms. The smallest absolute Gasteiger partial charge is 0.306 e. The molecule has 0 amide bonds. The van der Waals surface area contributed by atoms with Gasteiger partial charge in [0.25, 0.3) is 0 Å². The molecule has 2 aliphatic heterocycles. The van der Waals surface area contributed by atoms with Crippen LogP contribution in [0.3, 0.4) is 0 Å². The SMILES string of the molecule is CCCCCCC(CCCC)(CCCC)CC(=O)OCC(COC(=O)CC(CCCC)(CCCC)CCCCCC)N1CCC2(CCN(CCCCO)CC2)CC1.